The highest BCUT2D eigenvalue weighted by molar-refractivity contribution is 5.15. The van der Waals surface area contributed by atoms with E-state index in [4.69, 9.17) is 6.42 Å². The minimum Gasteiger partial charge on any atom is -0.424 e. The van der Waals surface area contributed by atoms with Gasteiger partial charge in [-0.05, 0) is 5.92 Å². The van der Waals surface area contributed by atoms with Gasteiger partial charge in [-0.2, -0.15) is 0 Å². The smallest absolute Gasteiger partial charge is 0.284 e. The predicted molar refractivity (Wildman–Crippen MR) is 23.3 cm³/mol. The van der Waals surface area contributed by atoms with Crippen molar-refractivity contribution < 1.29 is 4.42 Å². The zero-order valence-corrected chi connectivity index (χ0v) is 3.51. The van der Waals surface area contributed by atoms with Gasteiger partial charge in [0.15, 0.2) is 5.76 Å². The highest BCUT2D eigenvalue weighted by Gasteiger charge is 1.83. The Morgan fingerprint density at radius 3 is 3.14 bits per heavy atom. The van der Waals surface area contributed by atoms with Crippen molar-refractivity contribution in [1.29, 1.82) is 0 Å². The van der Waals surface area contributed by atoms with E-state index in [9.17, 15) is 0 Å². The number of aromatic nitrogens is 1. The van der Waals surface area contributed by atoms with Gasteiger partial charge in [-0.1, -0.05) is 0 Å². The highest BCUT2D eigenvalue weighted by Crippen LogP contribution is 1.88. The molecule has 0 unspecified atom stereocenters. The van der Waals surface area contributed by atoms with E-state index in [1.54, 1.807) is 0 Å². The first-order valence-corrected chi connectivity index (χ1v) is 1.72. The van der Waals surface area contributed by atoms with Crippen molar-refractivity contribution in [3.05, 3.63) is 18.4 Å². The quantitative estimate of drug-likeness (QED) is 0.434. The topological polar surface area (TPSA) is 26.0 Å². The van der Waals surface area contributed by atoms with Crippen LogP contribution in [0.3, 0.4) is 0 Å². The Morgan fingerprint density at radius 2 is 2.86 bits per heavy atom. The zero-order valence-electron chi connectivity index (χ0n) is 3.51. The van der Waals surface area contributed by atoms with Crippen LogP contribution in [0.25, 0.3) is 0 Å². The molecule has 2 nitrogen and oxygen atoms in total. The second kappa shape index (κ2) is 1.48. The summed E-state index contributed by atoms with van der Waals surface area (Å²) in [5.41, 5.74) is 0. The normalized spacial score (nSPS) is 7.86. The van der Waals surface area contributed by atoms with Crippen LogP contribution in [0.4, 0.5) is 0 Å². The highest BCUT2D eigenvalue weighted by atomic mass is 16.3. The van der Waals surface area contributed by atoms with Gasteiger partial charge in [0, 0.05) is 0 Å². The Kier molecular flexibility index (Phi) is 0.833. The largest absolute Gasteiger partial charge is 0.424 e. The van der Waals surface area contributed by atoms with E-state index in [1.165, 1.54) is 6.20 Å². The van der Waals surface area contributed by atoms with Gasteiger partial charge in [-0.3, -0.25) is 0 Å². The molecule has 0 fully saturated rings. The van der Waals surface area contributed by atoms with E-state index < -0.39 is 0 Å². The lowest BCUT2D eigenvalue weighted by molar-refractivity contribution is 0.536. The molecule has 0 aromatic carbocycles. The zero-order chi connectivity index (χ0) is 5.11. The summed E-state index contributed by atoms with van der Waals surface area (Å²) < 4.78 is 4.51. The van der Waals surface area contributed by atoms with Gasteiger partial charge in [-0.25, -0.2) is 4.98 Å². The summed E-state index contributed by atoms with van der Waals surface area (Å²) in [4.78, 5) is 3.46. The SMILES string of the molecule is C#Cc1cn[c]o1. The molecule has 7 heavy (non-hydrogen) atoms. The van der Waals surface area contributed by atoms with Crippen LogP contribution in [0, 0.1) is 18.7 Å². The molecule has 0 saturated carbocycles. The van der Waals surface area contributed by atoms with Crippen molar-refractivity contribution in [2.45, 2.75) is 0 Å². The van der Waals surface area contributed by atoms with E-state index in [2.05, 4.69) is 21.7 Å². The van der Waals surface area contributed by atoms with Gasteiger partial charge >= 0.3 is 0 Å². The second-order valence-electron chi connectivity index (χ2n) is 0.960. The Balaban J connectivity index is 3.04. The van der Waals surface area contributed by atoms with Crippen molar-refractivity contribution in [2.24, 2.45) is 0 Å². The molecule has 1 heterocycles. The van der Waals surface area contributed by atoms with Crippen LogP contribution in [0.5, 0.6) is 0 Å². The Morgan fingerprint density at radius 1 is 2.00 bits per heavy atom. The van der Waals surface area contributed by atoms with E-state index in [0.29, 0.717) is 5.76 Å². The Labute approximate surface area is 41.2 Å². The van der Waals surface area contributed by atoms with Crippen LogP contribution in [0.1, 0.15) is 5.76 Å². The third-order valence-electron chi connectivity index (χ3n) is 0.532. The van der Waals surface area contributed by atoms with E-state index in [1.807, 2.05) is 0 Å². The van der Waals surface area contributed by atoms with Gasteiger partial charge in [0.05, 0.1) is 6.20 Å². The molecule has 0 saturated heterocycles. The molecular formula is C5H2NO. The molecule has 0 aliphatic rings. The summed E-state index contributed by atoms with van der Waals surface area (Å²) in [7, 11) is 0. The van der Waals surface area contributed by atoms with Gasteiger partial charge in [-0.15, -0.1) is 6.42 Å². The van der Waals surface area contributed by atoms with Crippen molar-refractivity contribution in [1.82, 2.24) is 4.98 Å². The standard InChI is InChI=1S/C5H2NO/c1-2-5-3-6-4-7-5/h1,3H. The van der Waals surface area contributed by atoms with Crippen LogP contribution in [0.2, 0.25) is 0 Å². The van der Waals surface area contributed by atoms with Crippen LogP contribution >= 0.6 is 0 Å². The fourth-order valence-electron chi connectivity index (χ4n) is 0.254. The van der Waals surface area contributed by atoms with Crippen molar-refractivity contribution in [3.63, 3.8) is 0 Å². The maximum absolute atomic E-state index is 4.89. The monoisotopic (exact) mass is 92.0 g/mol. The number of terminal acetylenes is 1. The van der Waals surface area contributed by atoms with E-state index in [0.717, 1.165) is 0 Å². The average Bonchev–Trinajstić information content (AvgIpc) is 2.14. The summed E-state index contributed by atoms with van der Waals surface area (Å²) in [6.07, 6.45) is 8.53. The van der Waals surface area contributed by atoms with Gasteiger partial charge in [0.2, 0.25) is 0 Å². The Hall–Kier alpha value is -1.23. The number of hydrogen-bond acceptors (Lipinski definition) is 2. The lowest BCUT2D eigenvalue weighted by Crippen LogP contribution is -1.56. The Bertz CT molecular complexity index is 170. The van der Waals surface area contributed by atoms with Crippen molar-refractivity contribution in [2.75, 3.05) is 0 Å². The van der Waals surface area contributed by atoms with E-state index >= 15 is 0 Å². The van der Waals surface area contributed by atoms with E-state index in [-0.39, 0.29) is 0 Å². The first-order chi connectivity index (χ1) is 3.43. The third kappa shape index (κ3) is 0.606. The molecule has 33 valence electrons. The molecule has 0 bridgehead atoms. The number of rotatable bonds is 0. The van der Waals surface area contributed by atoms with Gasteiger partial charge in [0.1, 0.15) is 0 Å². The van der Waals surface area contributed by atoms with Crippen LogP contribution in [0.15, 0.2) is 10.6 Å². The second-order valence-corrected chi connectivity index (χ2v) is 0.960. The average molecular weight is 92.1 g/mol. The van der Waals surface area contributed by atoms with Crippen molar-refractivity contribution >= 4 is 0 Å². The van der Waals surface area contributed by atoms with Gasteiger partial charge < -0.3 is 4.42 Å². The maximum Gasteiger partial charge on any atom is 0.284 e. The van der Waals surface area contributed by atoms with Crippen LogP contribution in [-0.2, 0) is 0 Å². The first kappa shape index (κ1) is 3.94. The molecule has 1 rings (SSSR count). The minimum atomic E-state index is 0.417. The molecule has 1 aromatic rings. The summed E-state index contributed by atoms with van der Waals surface area (Å²) in [5.74, 6) is 2.66. The molecule has 0 aliphatic heterocycles. The van der Waals surface area contributed by atoms with Crippen LogP contribution < -0.4 is 0 Å². The first-order valence-electron chi connectivity index (χ1n) is 1.72. The lowest BCUT2D eigenvalue weighted by Gasteiger charge is -1.65. The summed E-state index contributed by atoms with van der Waals surface area (Å²) in [6.45, 7) is 0. The predicted octanol–water partition coefficient (Wildman–Crippen LogP) is 0.456. The molecule has 0 atom stereocenters. The molecule has 0 spiro atoms. The molecule has 0 N–H and O–H groups in total. The fraction of sp³-hybridized carbons (Fsp3) is 0. The fourth-order valence-corrected chi connectivity index (χ4v) is 0.254. The molecular weight excluding hydrogens is 90.1 g/mol. The number of oxazole rings is 1. The molecule has 0 amide bonds. The van der Waals surface area contributed by atoms with Crippen LogP contribution in [-0.4, -0.2) is 4.98 Å². The third-order valence-corrected chi connectivity index (χ3v) is 0.532. The summed E-state index contributed by atoms with van der Waals surface area (Å²) >= 11 is 0. The molecule has 1 aromatic heterocycles. The molecule has 2 heteroatoms. The number of hydrogen-bond donors (Lipinski definition) is 0. The maximum atomic E-state index is 4.89. The minimum absolute atomic E-state index is 0.417. The number of nitrogens with zero attached hydrogens (tertiary/aromatic N) is 1. The van der Waals surface area contributed by atoms with Gasteiger partial charge in [0.25, 0.3) is 6.39 Å². The molecule has 1 radical (unpaired) electrons. The lowest BCUT2D eigenvalue weighted by atomic mass is 10.6. The summed E-state index contributed by atoms with van der Waals surface area (Å²) in [6, 6.07) is 0. The molecule has 0 aliphatic carbocycles. The summed E-state index contributed by atoms with van der Waals surface area (Å²) in [5, 5.41) is 0. The van der Waals surface area contributed by atoms with Crippen molar-refractivity contribution in [3.8, 4) is 12.3 Å².